The van der Waals surface area contributed by atoms with E-state index in [1.165, 1.54) is 10.9 Å². The molecule has 2 N–H and O–H groups in total. The van der Waals surface area contributed by atoms with Gasteiger partial charge >= 0.3 is 0 Å². The first-order valence-electron chi connectivity index (χ1n) is 8.73. The third-order valence-electron chi connectivity index (χ3n) is 4.49. The van der Waals surface area contributed by atoms with Crippen LogP contribution in [0.15, 0.2) is 48.7 Å². The number of carbonyl (C=O) groups is 1. The fourth-order valence-corrected chi connectivity index (χ4v) is 2.97. The summed E-state index contributed by atoms with van der Waals surface area (Å²) in [6.45, 7) is 0.625. The number of hydrogen-bond donors (Lipinski definition) is 2. The Labute approximate surface area is 153 Å². The third-order valence-corrected chi connectivity index (χ3v) is 4.49. The van der Waals surface area contributed by atoms with Crippen molar-refractivity contribution in [1.29, 1.82) is 0 Å². The van der Waals surface area contributed by atoms with Crippen molar-refractivity contribution >= 4 is 16.8 Å². The summed E-state index contributed by atoms with van der Waals surface area (Å²) in [5.74, 6) is 1.73. The number of benzene rings is 2. The van der Waals surface area contributed by atoms with Gasteiger partial charge in [-0.2, -0.15) is 0 Å². The minimum Gasteiger partial charge on any atom is -0.497 e. The summed E-state index contributed by atoms with van der Waals surface area (Å²) in [4.78, 5) is 15.3. The van der Waals surface area contributed by atoms with Crippen LogP contribution in [0.4, 0.5) is 0 Å². The molecular formula is C21H24N2O3. The van der Waals surface area contributed by atoms with Crippen LogP contribution >= 0.6 is 0 Å². The molecule has 1 amide bonds. The quantitative estimate of drug-likeness (QED) is 0.652. The average Bonchev–Trinajstić information content (AvgIpc) is 3.09. The number of carbonyl (C=O) groups excluding carboxylic acids is 1. The number of aromatic nitrogens is 1. The molecule has 0 atom stereocenters. The Kier molecular flexibility index (Phi) is 5.79. The SMILES string of the molecule is COc1ccc(CCC(=O)NCCc2c[nH]c3cc(OC)ccc23)cc1. The monoisotopic (exact) mass is 352 g/mol. The number of hydrogen-bond acceptors (Lipinski definition) is 3. The van der Waals surface area contributed by atoms with Crippen LogP contribution in [0.1, 0.15) is 17.5 Å². The number of nitrogens with one attached hydrogen (secondary N) is 2. The van der Waals surface area contributed by atoms with Crippen molar-refractivity contribution in [2.24, 2.45) is 0 Å². The Morgan fingerprint density at radius 2 is 1.73 bits per heavy atom. The van der Waals surface area contributed by atoms with Gasteiger partial charge in [0.05, 0.1) is 14.2 Å². The molecule has 0 aliphatic heterocycles. The van der Waals surface area contributed by atoms with Crippen LogP contribution in [0, 0.1) is 0 Å². The molecule has 0 spiro atoms. The van der Waals surface area contributed by atoms with Gasteiger partial charge in [-0.05, 0) is 48.2 Å². The number of ether oxygens (including phenoxy) is 2. The lowest BCUT2D eigenvalue weighted by Crippen LogP contribution is -2.25. The van der Waals surface area contributed by atoms with E-state index < -0.39 is 0 Å². The Balaban J connectivity index is 1.46. The fraction of sp³-hybridized carbons (Fsp3) is 0.286. The van der Waals surface area contributed by atoms with E-state index in [2.05, 4.69) is 10.3 Å². The molecular weight excluding hydrogens is 328 g/mol. The average molecular weight is 352 g/mol. The van der Waals surface area contributed by atoms with Gasteiger partial charge in [-0.25, -0.2) is 0 Å². The van der Waals surface area contributed by atoms with Gasteiger partial charge in [-0.1, -0.05) is 12.1 Å². The number of aromatic amines is 1. The highest BCUT2D eigenvalue weighted by Gasteiger charge is 2.06. The van der Waals surface area contributed by atoms with Crippen LogP contribution in [0.3, 0.4) is 0 Å². The maximum absolute atomic E-state index is 12.1. The first kappa shape index (κ1) is 17.9. The van der Waals surface area contributed by atoms with Crippen molar-refractivity contribution in [2.75, 3.05) is 20.8 Å². The second-order valence-electron chi connectivity index (χ2n) is 6.17. The molecule has 0 saturated carbocycles. The van der Waals surface area contributed by atoms with E-state index in [-0.39, 0.29) is 5.91 Å². The molecule has 2 aromatic carbocycles. The van der Waals surface area contributed by atoms with Crippen LogP contribution in [0.5, 0.6) is 11.5 Å². The lowest BCUT2D eigenvalue weighted by molar-refractivity contribution is -0.121. The van der Waals surface area contributed by atoms with Gasteiger partial charge in [0.15, 0.2) is 0 Å². The number of amides is 1. The molecule has 0 saturated heterocycles. The molecule has 1 aromatic heterocycles. The molecule has 0 bridgehead atoms. The zero-order valence-electron chi connectivity index (χ0n) is 15.2. The lowest BCUT2D eigenvalue weighted by atomic mass is 10.1. The highest BCUT2D eigenvalue weighted by Crippen LogP contribution is 2.23. The lowest BCUT2D eigenvalue weighted by Gasteiger charge is -2.06. The number of H-pyrrole nitrogens is 1. The zero-order valence-corrected chi connectivity index (χ0v) is 15.2. The van der Waals surface area contributed by atoms with Gasteiger partial charge < -0.3 is 19.8 Å². The van der Waals surface area contributed by atoms with Crippen LogP contribution in [0.2, 0.25) is 0 Å². The molecule has 0 radical (unpaired) electrons. The van der Waals surface area contributed by atoms with E-state index in [0.29, 0.717) is 13.0 Å². The number of fused-ring (bicyclic) bond motifs is 1. The predicted octanol–water partition coefficient (Wildman–Crippen LogP) is 3.48. The summed E-state index contributed by atoms with van der Waals surface area (Å²) in [6.07, 6.45) is 3.99. The topological polar surface area (TPSA) is 63.3 Å². The van der Waals surface area contributed by atoms with Gasteiger partial charge in [-0.15, -0.1) is 0 Å². The molecule has 26 heavy (non-hydrogen) atoms. The molecule has 0 fully saturated rings. The summed E-state index contributed by atoms with van der Waals surface area (Å²) in [7, 11) is 3.30. The normalized spacial score (nSPS) is 10.7. The summed E-state index contributed by atoms with van der Waals surface area (Å²) in [5, 5.41) is 4.16. The molecule has 3 aromatic rings. The Hall–Kier alpha value is -2.95. The second-order valence-corrected chi connectivity index (χ2v) is 6.17. The molecule has 3 rings (SSSR count). The van der Waals surface area contributed by atoms with Crippen LogP contribution < -0.4 is 14.8 Å². The van der Waals surface area contributed by atoms with Crippen molar-refractivity contribution < 1.29 is 14.3 Å². The number of methoxy groups -OCH3 is 2. The minimum atomic E-state index is 0.0716. The zero-order chi connectivity index (χ0) is 18.4. The molecule has 0 aliphatic carbocycles. The molecule has 5 nitrogen and oxygen atoms in total. The van der Waals surface area contributed by atoms with E-state index in [0.717, 1.165) is 35.4 Å². The summed E-state index contributed by atoms with van der Waals surface area (Å²) in [6, 6.07) is 13.8. The third kappa shape index (κ3) is 4.36. The maximum atomic E-state index is 12.1. The smallest absolute Gasteiger partial charge is 0.220 e. The first-order valence-corrected chi connectivity index (χ1v) is 8.73. The Bertz CT molecular complexity index is 869. The summed E-state index contributed by atoms with van der Waals surface area (Å²) < 4.78 is 10.4. The van der Waals surface area contributed by atoms with Crippen molar-refractivity contribution in [3.63, 3.8) is 0 Å². The predicted molar refractivity (Wildman–Crippen MR) is 103 cm³/mol. The van der Waals surface area contributed by atoms with Gasteiger partial charge in [0.2, 0.25) is 5.91 Å². The van der Waals surface area contributed by atoms with Gasteiger partial charge in [0.1, 0.15) is 11.5 Å². The van der Waals surface area contributed by atoms with Gasteiger partial charge in [0.25, 0.3) is 0 Å². The summed E-state index contributed by atoms with van der Waals surface area (Å²) in [5.41, 5.74) is 3.37. The first-order chi connectivity index (χ1) is 12.7. The molecule has 5 heteroatoms. The van der Waals surface area contributed by atoms with Crippen LogP contribution in [-0.4, -0.2) is 31.7 Å². The van der Waals surface area contributed by atoms with Gasteiger partial charge in [-0.3, -0.25) is 4.79 Å². The van der Waals surface area contributed by atoms with E-state index in [1.54, 1.807) is 14.2 Å². The van der Waals surface area contributed by atoms with E-state index >= 15 is 0 Å². The fourth-order valence-electron chi connectivity index (χ4n) is 2.97. The van der Waals surface area contributed by atoms with Crippen molar-refractivity contribution in [1.82, 2.24) is 10.3 Å². The number of rotatable bonds is 8. The van der Waals surface area contributed by atoms with Crippen LogP contribution in [0.25, 0.3) is 10.9 Å². The Morgan fingerprint density at radius 3 is 2.46 bits per heavy atom. The molecule has 1 heterocycles. The van der Waals surface area contributed by atoms with E-state index in [9.17, 15) is 4.79 Å². The molecule has 0 aliphatic rings. The number of aryl methyl sites for hydroxylation is 1. The van der Waals surface area contributed by atoms with Crippen LogP contribution in [-0.2, 0) is 17.6 Å². The highest BCUT2D eigenvalue weighted by atomic mass is 16.5. The van der Waals surface area contributed by atoms with E-state index in [4.69, 9.17) is 9.47 Å². The Morgan fingerprint density at radius 1 is 1.00 bits per heavy atom. The highest BCUT2D eigenvalue weighted by molar-refractivity contribution is 5.84. The molecule has 0 unspecified atom stereocenters. The van der Waals surface area contributed by atoms with Gasteiger partial charge in [0, 0.05) is 36.1 Å². The van der Waals surface area contributed by atoms with Crippen molar-refractivity contribution in [3.8, 4) is 11.5 Å². The maximum Gasteiger partial charge on any atom is 0.220 e. The van der Waals surface area contributed by atoms with Crippen molar-refractivity contribution in [3.05, 3.63) is 59.8 Å². The minimum absolute atomic E-state index is 0.0716. The molecule has 136 valence electrons. The van der Waals surface area contributed by atoms with E-state index in [1.807, 2.05) is 48.7 Å². The summed E-state index contributed by atoms with van der Waals surface area (Å²) >= 11 is 0. The van der Waals surface area contributed by atoms with Crippen molar-refractivity contribution in [2.45, 2.75) is 19.3 Å². The standard InChI is InChI=1S/C21H24N2O3/c1-25-17-6-3-15(4-7-17)5-10-21(24)22-12-11-16-14-23-20-13-18(26-2)8-9-19(16)20/h3-4,6-9,13-14,23H,5,10-12H2,1-2H3,(H,22,24). The second kappa shape index (κ2) is 8.43. The largest absolute Gasteiger partial charge is 0.497 e.